The molecular weight excluding hydrogens is 585 g/mol. The predicted molar refractivity (Wildman–Crippen MR) is 159 cm³/mol. The highest BCUT2D eigenvalue weighted by Gasteiger charge is 2.41. The molecule has 3 aromatic carbocycles. The van der Waals surface area contributed by atoms with Gasteiger partial charge in [-0.25, -0.2) is 4.90 Å². The molecule has 11 heteroatoms. The average molecular weight is 606 g/mol. The van der Waals surface area contributed by atoms with Crippen LogP contribution >= 0.6 is 35.0 Å². The van der Waals surface area contributed by atoms with Crippen LogP contribution in [-0.2, 0) is 14.4 Å². The Labute approximate surface area is 249 Å². The highest BCUT2D eigenvalue weighted by molar-refractivity contribution is 8.00. The summed E-state index contributed by atoms with van der Waals surface area (Å²) < 4.78 is 5.33. The molecule has 0 radical (unpaired) electrons. The first-order valence-electron chi connectivity index (χ1n) is 12.3. The molecule has 0 bridgehead atoms. The van der Waals surface area contributed by atoms with Gasteiger partial charge in [0.05, 0.1) is 22.2 Å². The molecule has 1 fully saturated rings. The highest BCUT2D eigenvalue weighted by atomic mass is 35.5. The molecule has 4 aromatic rings. The molecule has 4 amide bonds. The van der Waals surface area contributed by atoms with E-state index in [1.165, 1.54) is 36.2 Å². The molecule has 1 atom stereocenters. The number of benzene rings is 3. The minimum Gasteiger partial charge on any atom is -0.465 e. The van der Waals surface area contributed by atoms with Crippen molar-refractivity contribution in [2.75, 3.05) is 10.2 Å². The Bertz CT molecular complexity index is 1660. The molecule has 0 spiro atoms. The molecule has 0 aliphatic carbocycles. The van der Waals surface area contributed by atoms with Crippen LogP contribution in [0, 0.1) is 0 Å². The second kappa shape index (κ2) is 12.5. The first kappa shape index (κ1) is 28.2. The molecule has 206 valence electrons. The van der Waals surface area contributed by atoms with E-state index in [0.717, 1.165) is 4.90 Å². The Hall–Kier alpha value is -4.31. The average Bonchev–Trinajstić information content (AvgIpc) is 3.57. The monoisotopic (exact) mass is 605 g/mol. The minimum atomic E-state index is -0.692. The number of hydrogen-bond donors (Lipinski definition) is 2. The van der Waals surface area contributed by atoms with E-state index in [0.29, 0.717) is 26.9 Å². The van der Waals surface area contributed by atoms with Crippen LogP contribution in [0.15, 0.2) is 106 Å². The fourth-order valence-electron chi connectivity index (χ4n) is 4.07. The largest absolute Gasteiger partial charge is 0.465 e. The first-order valence-corrected chi connectivity index (χ1v) is 13.9. The number of rotatable bonds is 8. The number of amides is 4. The van der Waals surface area contributed by atoms with E-state index in [1.54, 1.807) is 72.8 Å². The Morgan fingerprint density at radius 2 is 1.76 bits per heavy atom. The van der Waals surface area contributed by atoms with Crippen molar-refractivity contribution in [2.24, 2.45) is 0 Å². The van der Waals surface area contributed by atoms with Gasteiger partial charge in [0, 0.05) is 33.7 Å². The van der Waals surface area contributed by atoms with E-state index < -0.39 is 23.0 Å². The summed E-state index contributed by atoms with van der Waals surface area (Å²) in [5, 5.41) is 5.32. The van der Waals surface area contributed by atoms with Crippen LogP contribution in [-0.4, -0.2) is 28.9 Å². The Balaban J connectivity index is 1.31. The van der Waals surface area contributed by atoms with E-state index in [1.807, 2.05) is 0 Å². The highest BCUT2D eigenvalue weighted by Crippen LogP contribution is 2.38. The van der Waals surface area contributed by atoms with E-state index in [2.05, 4.69) is 10.6 Å². The molecule has 2 N–H and O–H groups in total. The second-order valence-corrected chi connectivity index (χ2v) is 11.0. The van der Waals surface area contributed by atoms with Gasteiger partial charge in [0.15, 0.2) is 0 Å². The van der Waals surface area contributed by atoms with Gasteiger partial charge in [-0.3, -0.25) is 19.2 Å². The van der Waals surface area contributed by atoms with Crippen molar-refractivity contribution in [3.63, 3.8) is 0 Å². The van der Waals surface area contributed by atoms with Gasteiger partial charge in [-0.1, -0.05) is 47.5 Å². The molecule has 1 saturated heterocycles. The summed E-state index contributed by atoms with van der Waals surface area (Å²) in [6.07, 6.45) is 2.86. The molecule has 0 unspecified atom stereocenters. The smallest absolute Gasteiger partial charge is 0.272 e. The van der Waals surface area contributed by atoms with Gasteiger partial charge < -0.3 is 15.1 Å². The lowest BCUT2D eigenvalue weighted by atomic mass is 10.2. The number of imide groups is 1. The van der Waals surface area contributed by atoms with Gasteiger partial charge in [0.25, 0.3) is 11.8 Å². The number of thioether (sulfide) groups is 1. The molecule has 0 saturated carbocycles. The molecule has 8 nitrogen and oxygen atoms in total. The van der Waals surface area contributed by atoms with Gasteiger partial charge in [-0.15, -0.1) is 11.8 Å². The minimum absolute atomic E-state index is 0.0233. The molecule has 2 heterocycles. The topological polar surface area (TPSA) is 109 Å². The quantitative estimate of drug-likeness (QED) is 0.177. The van der Waals surface area contributed by atoms with Crippen molar-refractivity contribution in [2.45, 2.75) is 16.6 Å². The van der Waals surface area contributed by atoms with E-state index in [9.17, 15) is 19.2 Å². The number of nitrogens with zero attached hydrogens (tertiary/aromatic N) is 1. The van der Waals surface area contributed by atoms with Crippen LogP contribution < -0.4 is 15.5 Å². The summed E-state index contributed by atoms with van der Waals surface area (Å²) >= 11 is 13.5. The lowest BCUT2D eigenvalue weighted by Crippen LogP contribution is -2.31. The van der Waals surface area contributed by atoms with Crippen LogP contribution in [0.1, 0.15) is 22.5 Å². The van der Waals surface area contributed by atoms with Crippen LogP contribution in [0.2, 0.25) is 10.0 Å². The van der Waals surface area contributed by atoms with Gasteiger partial charge in [0.2, 0.25) is 11.8 Å². The third-order valence-corrected chi connectivity index (χ3v) is 7.72. The summed E-state index contributed by atoms with van der Waals surface area (Å²) in [4.78, 5) is 53.6. The van der Waals surface area contributed by atoms with Gasteiger partial charge >= 0.3 is 0 Å². The maximum atomic E-state index is 13.2. The number of nitrogens with one attached hydrogen (secondary N) is 2. The number of halogens is 2. The van der Waals surface area contributed by atoms with Gasteiger partial charge in [0.1, 0.15) is 11.5 Å². The number of hydrogen-bond acceptors (Lipinski definition) is 6. The van der Waals surface area contributed by atoms with Crippen molar-refractivity contribution in [3.05, 3.63) is 118 Å². The Morgan fingerprint density at radius 3 is 2.51 bits per heavy atom. The fraction of sp³-hybridized carbons (Fsp3) is 0.0667. The zero-order valence-electron chi connectivity index (χ0n) is 21.2. The second-order valence-electron chi connectivity index (χ2n) is 8.85. The molecule has 1 aliphatic heterocycles. The predicted octanol–water partition coefficient (Wildman–Crippen LogP) is 6.42. The summed E-state index contributed by atoms with van der Waals surface area (Å²) in [7, 11) is 0. The maximum Gasteiger partial charge on any atom is 0.272 e. The van der Waals surface area contributed by atoms with Crippen LogP contribution in [0.4, 0.5) is 11.4 Å². The number of anilines is 2. The molecule has 5 rings (SSSR count). The molecule has 41 heavy (non-hydrogen) atoms. The zero-order valence-corrected chi connectivity index (χ0v) is 23.5. The number of carbonyl (C=O) groups is 4. The van der Waals surface area contributed by atoms with E-state index in [4.69, 9.17) is 27.6 Å². The molecule has 1 aliphatic rings. The molecular formula is C30H21Cl2N3O5S. The number of furan rings is 1. The number of carbonyl (C=O) groups excluding carboxylic acids is 4. The van der Waals surface area contributed by atoms with Crippen molar-refractivity contribution in [1.29, 1.82) is 0 Å². The lowest BCUT2D eigenvalue weighted by molar-refractivity contribution is -0.121. The summed E-state index contributed by atoms with van der Waals surface area (Å²) in [6.45, 7) is 0. The fourth-order valence-corrected chi connectivity index (χ4v) is 5.56. The summed E-state index contributed by atoms with van der Waals surface area (Å²) in [5.41, 5.74) is 1.02. The normalized spacial score (nSPS) is 15.2. The standard InChI is InChI=1S/C30H21Cl2N3O5S/c31-19-11-12-23(32)25(14-19)35-27(36)17-26(30(35)39)41-22-10-4-8-20(15-22)33-29(38)24(16-21-9-5-13-40-21)34-28(37)18-6-2-1-3-7-18/h1-16,26H,17H2,(H,33,38)(H,34,37)/b24-16-/t26-/m0/s1. The maximum absolute atomic E-state index is 13.2. The summed E-state index contributed by atoms with van der Waals surface area (Å²) in [5.74, 6) is -1.46. The SMILES string of the molecule is O=C(Nc1cccc(S[C@H]2CC(=O)N(c3cc(Cl)ccc3Cl)C2=O)c1)/C(=C/c1ccco1)NC(=O)c1ccccc1. The van der Waals surface area contributed by atoms with Gasteiger partial charge in [-0.05, 0) is 60.7 Å². The molecule has 1 aromatic heterocycles. The van der Waals surface area contributed by atoms with E-state index in [-0.39, 0.29) is 28.7 Å². The van der Waals surface area contributed by atoms with Crippen molar-refractivity contribution in [3.8, 4) is 0 Å². The van der Waals surface area contributed by atoms with Crippen LogP contribution in [0.5, 0.6) is 0 Å². The van der Waals surface area contributed by atoms with Crippen molar-refractivity contribution < 1.29 is 23.6 Å². The van der Waals surface area contributed by atoms with Crippen LogP contribution in [0.3, 0.4) is 0 Å². The zero-order chi connectivity index (χ0) is 28.9. The Morgan fingerprint density at radius 1 is 0.951 bits per heavy atom. The Kier molecular flexibility index (Phi) is 8.58. The van der Waals surface area contributed by atoms with Crippen LogP contribution in [0.25, 0.3) is 6.08 Å². The van der Waals surface area contributed by atoms with Crippen molar-refractivity contribution in [1.82, 2.24) is 5.32 Å². The lowest BCUT2D eigenvalue weighted by Gasteiger charge is -2.17. The third-order valence-electron chi connectivity index (χ3n) is 5.98. The van der Waals surface area contributed by atoms with Crippen molar-refractivity contribution >= 4 is 76.0 Å². The summed E-state index contributed by atoms with van der Waals surface area (Å²) in [6, 6.07) is 23.2. The first-order chi connectivity index (χ1) is 19.8. The third kappa shape index (κ3) is 6.71. The van der Waals surface area contributed by atoms with Gasteiger partial charge in [-0.2, -0.15) is 0 Å². The van der Waals surface area contributed by atoms with E-state index >= 15 is 0 Å².